The lowest BCUT2D eigenvalue weighted by Gasteiger charge is -2.20. The van der Waals surface area contributed by atoms with Crippen LogP contribution < -0.4 is 16.4 Å². The van der Waals surface area contributed by atoms with Gasteiger partial charge in [-0.25, -0.2) is 0 Å². The minimum absolute atomic E-state index is 0.0516. The van der Waals surface area contributed by atoms with E-state index in [1.165, 1.54) is 0 Å². The monoisotopic (exact) mass is 263 g/mol. The standard InChI is InChI=1S/C10H21N3OS2/c1-4-16-6-5-8(9(11)14)13-10(15)7(2)12-3/h7-8,12H,4-6H2,1-3H3,(H2,11,14)(H,13,15)/t7-,8-/m0/s1. The van der Waals surface area contributed by atoms with E-state index in [4.69, 9.17) is 18.0 Å². The van der Waals surface area contributed by atoms with Gasteiger partial charge < -0.3 is 16.4 Å². The predicted octanol–water partition coefficient (Wildman–Crippen LogP) is 0.508. The average Bonchev–Trinajstić information content (AvgIpc) is 2.26. The number of hydrogen-bond acceptors (Lipinski definition) is 4. The van der Waals surface area contributed by atoms with Crippen LogP contribution in [-0.4, -0.2) is 41.5 Å². The van der Waals surface area contributed by atoms with Gasteiger partial charge in [-0.3, -0.25) is 4.79 Å². The minimum atomic E-state index is -0.359. The van der Waals surface area contributed by atoms with Crippen LogP contribution in [0, 0.1) is 0 Å². The second-order valence-electron chi connectivity index (χ2n) is 3.46. The van der Waals surface area contributed by atoms with Gasteiger partial charge >= 0.3 is 0 Å². The fourth-order valence-electron chi connectivity index (χ4n) is 1.06. The molecule has 0 aliphatic rings. The number of nitrogens with two attached hydrogens (primary N) is 1. The van der Waals surface area contributed by atoms with Gasteiger partial charge in [0.05, 0.1) is 11.0 Å². The van der Waals surface area contributed by atoms with Gasteiger partial charge in [-0.05, 0) is 31.9 Å². The summed E-state index contributed by atoms with van der Waals surface area (Å²) in [6.07, 6.45) is 0.713. The highest BCUT2D eigenvalue weighted by Gasteiger charge is 2.17. The van der Waals surface area contributed by atoms with E-state index in [0.29, 0.717) is 11.4 Å². The van der Waals surface area contributed by atoms with Crippen molar-refractivity contribution in [3.8, 4) is 0 Å². The van der Waals surface area contributed by atoms with Crippen LogP contribution in [0.4, 0.5) is 0 Å². The fraction of sp³-hybridized carbons (Fsp3) is 0.800. The Kier molecular flexibility index (Phi) is 8.60. The molecule has 0 spiro atoms. The van der Waals surface area contributed by atoms with E-state index < -0.39 is 0 Å². The van der Waals surface area contributed by atoms with Crippen LogP contribution >= 0.6 is 24.0 Å². The summed E-state index contributed by atoms with van der Waals surface area (Å²) in [5.41, 5.74) is 5.32. The lowest BCUT2D eigenvalue weighted by molar-refractivity contribution is -0.119. The molecule has 0 fully saturated rings. The topological polar surface area (TPSA) is 67.2 Å². The Labute approximate surface area is 107 Å². The second-order valence-corrected chi connectivity index (χ2v) is 5.29. The summed E-state index contributed by atoms with van der Waals surface area (Å²) in [6.45, 7) is 4.03. The molecule has 0 aromatic carbocycles. The van der Waals surface area contributed by atoms with E-state index in [-0.39, 0.29) is 18.0 Å². The fourth-order valence-corrected chi connectivity index (χ4v) is 2.01. The molecule has 1 amide bonds. The summed E-state index contributed by atoms with van der Waals surface area (Å²) >= 11 is 6.95. The first kappa shape index (κ1) is 15.7. The Hall–Kier alpha value is -0.330. The Bertz CT molecular complexity index is 236. The summed E-state index contributed by atoms with van der Waals surface area (Å²) in [7, 11) is 1.82. The molecule has 16 heavy (non-hydrogen) atoms. The molecule has 0 bridgehead atoms. The Morgan fingerprint density at radius 3 is 2.62 bits per heavy atom. The van der Waals surface area contributed by atoms with E-state index in [9.17, 15) is 4.79 Å². The van der Waals surface area contributed by atoms with Crippen LogP contribution in [0.1, 0.15) is 20.3 Å². The maximum atomic E-state index is 11.2. The number of amides is 1. The first-order valence-electron chi connectivity index (χ1n) is 5.37. The van der Waals surface area contributed by atoms with Gasteiger partial charge in [0.25, 0.3) is 0 Å². The molecule has 0 aliphatic carbocycles. The Morgan fingerprint density at radius 1 is 1.56 bits per heavy atom. The van der Waals surface area contributed by atoms with Gasteiger partial charge in [-0.1, -0.05) is 19.1 Å². The van der Waals surface area contributed by atoms with Crippen LogP contribution in [0.2, 0.25) is 0 Å². The van der Waals surface area contributed by atoms with Crippen molar-refractivity contribution in [1.29, 1.82) is 0 Å². The summed E-state index contributed by atoms with van der Waals surface area (Å²) in [4.78, 5) is 11.8. The maximum absolute atomic E-state index is 11.2. The van der Waals surface area contributed by atoms with E-state index in [0.717, 1.165) is 11.5 Å². The van der Waals surface area contributed by atoms with Crippen LogP contribution in [0.3, 0.4) is 0 Å². The number of primary amides is 1. The Morgan fingerprint density at radius 2 is 2.19 bits per heavy atom. The molecule has 0 aromatic rings. The highest BCUT2D eigenvalue weighted by atomic mass is 32.2. The molecular formula is C10H21N3OS2. The third kappa shape index (κ3) is 6.30. The van der Waals surface area contributed by atoms with Gasteiger partial charge in [0.2, 0.25) is 5.91 Å². The first-order valence-corrected chi connectivity index (χ1v) is 6.93. The summed E-state index contributed by atoms with van der Waals surface area (Å²) in [5, 5.41) is 6.02. The summed E-state index contributed by atoms with van der Waals surface area (Å²) < 4.78 is 0. The zero-order chi connectivity index (χ0) is 12.6. The van der Waals surface area contributed by atoms with E-state index >= 15 is 0 Å². The molecular weight excluding hydrogens is 242 g/mol. The molecule has 94 valence electrons. The number of thiocarbonyl (C=S) groups is 1. The molecule has 0 unspecified atom stereocenters. The minimum Gasteiger partial charge on any atom is -0.368 e. The van der Waals surface area contributed by atoms with Gasteiger partial charge in [0, 0.05) is 0 Å². The molecule has 0 saturated heterocycles. The van der Waals surface area contributed by atoms with Crippen molar-refractivity contribution in [2.45, 2.75) is 32.4 Å². The van der Waals surface area contributed by atoms with Crippen molar-refractivity contribution in [2.24, 2.45) is 5.73 Å². The van der Waals surface area contributed by atoms with Crippen molar-refractivity contribution in [2.75, 3.05) is 18.6 Å². The third-order valence-electron chi connectivity index (χ3n) is 2.24. The highest BCUT2D eigenvalue weighted by molar-refractivity contribution is 7.99. The van der Waals surface area contributed by atoms with Gasteiger partial charge in [0.15, 0.2) is 0 Å². The van der Waals surface area contributed by atoms with Gasteiger partial charge in [-0.2, -0.15) is 11.8 Å². The molecule has 0 heterocycles. The smallest absolute Gasteiger partial charge is 0.239 e. The second kappa shape index (κ2) is 8.78. The number of carbonyl (C=O) groups is 1. The number of rotatable bonds is 8. The Balaban J connectivity index is 4.12. The zero-order valence-corrected chi connectivity index (χ0v) is 11.7. The van der Waals surface area contributed by atoms with Crippen molar-refractivity contribution in [3.63, 3.8) is 0 Å². The molecule has 0 rings (SSSR count). The highest BCUT2D eigenvalue weighted by Crippen LogP contribution is 2.04. The molecule has 2 atom stereocenters. The van der Waals surface area contributed by atoms with Crippen LogP contribution in [0.25, 0.3) is 0 Å². The number of likely N-dealkylation sites (N-methyl/N-ethyl adjacent to an activating group) is 1. The number of carbonyl (C=O) groups excluding carboxylic acids is 1. The van der Waals surface area contributed by atoms with E-state index in [1.54, 1.807) is 11.8 Å². The van der Waals surface area contributed by atoms with Crippen molar-refractivity contribution in [3.05, 3.63) is 0 Å². The third-order valence-corrected chi connectivity index (χ3v) is 3.65. The number of nitrogens with one attached hydrogen (secondary N) is 2. The van der Waals surface area contributed by atoms with Crippen LogP contribution in [-0.2, 0) is 4.79 Å². The molecule has 0 radical (unpaired) electrons. The van der Waals surface area contributed by atoms with Crippen LogP contribution in [0.15, 0.2) is 0 Å². The van der Waals surface area contributed by atoms with Crippen molar-refractivity contribution in [1.82, 2.24) is 10.6 Å². The SMILES string of the molecule is CCSCC[C@H](NC(=S)[C@H](C)NC)C(N)=O. The normalized spacial score (nSPS) is 14.2. The molecule has 0 saturated carbocycles. The van der Waals surface area contributed by atoms with Crippen LogP contribution in [0.5, 0.6) is 0 Å². The molecule has 4 N–H and O–H groups in total. The maximum Gasteiger partial charge on any atom is 0.239 e. The van der Waals surface area contributed by atoms with Gasteiger partial charge in [-0.15, -0.1) is 0 Å². The quantitative estimate of drug-likeness (QED) is 0.440. The first-order chi connectivity index (χ1) is 7.52. The number of hydrogen-bond donors (Lipinski definition) is 3. The molecule has 0 aromatic heterocycles. The molecule has 4 nitrogen and oxygen atoms in total. The summed E-state index contributed by atoms with van der Waals surface area (Å²) in [5.74, 6) is 1.61. The number of thioether (sulfide) groups is 1. The lowest BCUT2D eigenvalue weighted by atomic mass is 10.2. The molecule has 6 heteroatoms. The van der Waals surface area contributed by atoms with Gasteiger partial charge in [0.1, 0.15) is 6.04 Å². The van der Waals surface area contributed by atoms with Crippen molar-refractivity contribution >= 4 is 34.9 Å². The largest absolute Gasteiger partial charge is 0.368 e. The van der Waals surface area contributed by atoms with E-state index in [1.807, 2.05) is 14.0 Å². The van der Waals surface area contributed by atoms with E-state index in [2.05, 4.69) is 17.6 Å². The molecule has 0 aliphatic heterocycles. The summed E-state index contributed by atoms with van der Waals surface area (Å²) in [6, 6.07) is -0.307. The zero-order valence-electron chi connectivity index (χ0n) is 10.1. The van der Waals surface area contributed by atoms with Crippen molar-refractivity contribution < 1.29 is 4.79 Å². The lowest BCUT2D eigenvalue weighted by Crippen LogP contribution is -2.49. The average molecular weight is 263 g/mol. The predicted molar refractivity (Wildman–Crippen MR) is 74.9 cm³/mol.